The summed E-state index contributed by atoms with van der Waals surface area (Å²) in [6.07, 6.45) is 2.19. The molecule has 1 aliphatic carbocycles. The maximum absolute atomic E-state index is 13.4. The highest BCUT2D eigenvalue weighted by atomic mass is 16.2. The van der Waals surface area contributed by atoms with Gasteiger partial charge in [-0.2, -0.15) is 9.59 Å². The highest BCUT2D eigenvalue weighted by Gasteiger charge is 2.45. The van der Waals surface area contributed by atoms with Gasteiger partial charge in [-0.25, -0.2) is 4.98 Å². The lowest BCUT2D eigenvalue weighted by atomic mass is 9.96. The molecule has 5 aromatic rings. The molecule has 1 heterocycles. The van der Waals surface area contributed by atoms with Crippen molar-refractivity contribution in [2.75, 3.05) is 0 Å². The minimum atomic E-state index is -0.256. The van der Waals surface area contributed by atoms with Crippen molar-refractivity contribution in [1.82, 2.24) is 14.9 Å². The van der Waals surface area contributed by atoms with Gasteiger partial charge in [-0.1, -0.05) is 92.7 Å². The van der Waals surface area contributed by atoms with Crippen LogP contribution in [0.5, 0.6) is 0 Å². The van der Waals surface area contributed by atoms with Gasteiger partial charge in [-0.15, -0.1) is 0 Å². The zero-order chi connectivity index (χ0) is 29.0. The van der Waals surface area contributed by atoms with Crippen molar-refractivity contribution < 1.29 is 14.4 Å². The maximum Gasteiger partial charge on any atom is 0.373 e. The zero-order valence-electron chi connectivity index (χ0n) is 23.6. The Morgan fingerprint density at radius 1 is 0.902 bits per heavy atom. The Kier molecular flexibility index (Phi) is 7.95. The number of amides is 1. The van der Waals surface area contributed by atoms with Gasteiger partial charge in [-0.05, 0) is 71.7 Å². The molecular weight excluding hydrogens is 510 g/mol. The van der Waals surface area contributed by atoms with Crippen LogP contribution in [0.1, 0.15) is 65.5 Å². The number of nitrogens with one attached hydrogen (secondary N) is 1. The first-order valence-electron chi connectivity index (χ1n) is 13.9. The van der Waals surface area contributed by atoms with Crippen molar-refractivity contribution in [3.63, 3.8) is 0 Å². The zero-order valence-corrected chi connectivity index (χ0v) is 23.6. The van der Waals surface area contributed by atoms with Gasteiger partial charge in [0.2, 0.25) is 0 Å². The third kappa shape index (κ3) is 6.03. The highest BCUT2D eigenvalue weighted by molar-refractivity contribution is 5.98. The monoisotopic (exact) mass is 543 g/mol. The second-order valence-corrected chi connectivity index (χ2v) is 10.9. The summed E-state index contributed by atoms with van der Waals surface area (Å²) in [6, 6.07) is 33.6. The van der Waals surface area contributed by atoms with Crippen molar-refractivity contribution in [2.45, 2.75) is 51.6 Å². The number of benzene rings is 4. The first kappa shape index (κ1) is 27.8. The van der Waals surface area contributed by atoms with E-state index >= 15 is 0 Å². The molecule has 0 saturated heterocycles. The Balaban J connectivity index is 0.00000108. The Labute approximate surface area is 240 Å². The Bertz CT molecular complexity index is 1710. The van der Waals surface area contributed by atoms with E-state index in [1.54, 1.807) is 0 Å². The number of rotatable bonds is 7. The standard InChI is InChI=1S/C34H33N3O.CO2/c1-23(2)28-10-7-11-30(20-28)34(18-19-34)36-33(38)29-16-17-31-32(21-29)37(24(3)35-31)22-25-12-14-27(15-13-25)26-8-5-4-6-9-26;2-1-3/h4-17,20-21,23H,18-19,22H2,1-3H3,(H,36,38);. The van der Waals surface area contributed by atoms with E-state index in [-0.39, 0.29) is 17.6 Å². The average molecular weight is 544 g/mol. The van der Waals surface area contributed by atoms with E-state index in [9.17, 15) is 4.79 Å². The molecule has 6 nitrogen and oxygen atoms in total. The summed E-state index contributed by atoms with van der Waals surface area (Å²) in [4.78, 5) is 34.5. The van der Waals surface area contributed by atoms with Gasteiger partial charge in [-0.3, -0.25) is 4.79 Å². The van der Waals surface area contributed by atoms with E-state index in [1.807, 2.05) is 31.2 Å². The topological polar surface area (TPSA) is 81.1 Å². The molecule has 1 fully saturated rings. The van der Waals surface area contributed by atoms with Crippen LogP contribution < -0.4 is 5.32 Å². The van der Waals surface area contributed by atoms with Gasteiger partial charge in [0.15, 0.2) is 0 Å². The molecule has 0 aliphatic heterocycles. The van der Waals surface area contributed by atoms with E-state index in [4.69, 9.17) is 14.6 Å². The number of aromatic nitrogens is 2. The molecule has 0 unspecified atom stereocenters. The van der Waals surface area contributed by atoms with Gasteiger partial charge in [0.25, 0.3) is 5.91 Å². The fourth-order valence-electron chi connectivity index (χ4n) is 5.30. The molecule has 0 radical (unpaired) electrons. The van der Waals surface area contributed by atoms with Crippen LogP contribution in [0.3, 0.4) is 0 Å². The largest absolute Gasteiger partial charge is 0.373 e. The lowest BCUT2D eigenvalue weighted by Gasteiger charge is -2.20. The Morgan fingerprint density at radius 2 is 1.59 bits per heavy atom. The molecule has 6 rings (SSSR count). The Hall–Kier alpha value is -4.80. The van der Waals surface area contributed by atoms with Gasteiger partial charge in [0.05, 0.1) is 16.6 Å². The van der Waals surface area contributed by atoms with Crippen LogP contribution in [-0.2, 0) is 21.7 Å². The van der Waals surface area contributed by atoms with Crippen molar-refractivity contribution in [3.05, 3.63) is 125 Å². The number of fused-ring (bicyclic) bond motifs is 1. The summed E-state index contributed by atoms with van der Waals surface area (Å²) in [5, 5.41) is 3.36. The number of aryl methyl sites for hydroxylation is 1. The van der Waals surface area contributed by atoms with Crippen molar-refractivity contribution >= 4 is 23.1 Å². The number of carbonyl (C=O) groups excluding carboxylic acids is 3. The van der Waals surface area contributed by atoms with Crippen LogP contribution >= 0.6 is 0 Å². The smallest absolute Gasteiger partial charge is 0.343 e. The third-order valence-electron chi connectivity index (χ3n) is 7.81. The third-order valence-corrected chi connectivity index (χ3v) is 7.81. The molecule has 0 bridgehead atoms. The fourth-order valence-corrected chi connectivity index (χ4v) is 5.30. The highest BCUT2D eigenvalue weighted by Crippen LogP contribution is 2.46. The first-order valence-corrected chi connectivity index (χ1v) is 13.9. The second-order valence-electron chi connectivity index (χ2n) is 10.9. The molecule has 0 atom stereocenters. The van der Waals surface area contributed by atoms with Gasteiger partial charge >= 0.3 is 6.15 Å². The summed E-state index contributed by atoms with van der Waals surface area (Å²) in [7, 11) is 0. The molecule has 4 aromatic carbocycles. The summed E-state index contributed by atoms with van der Waals surface area (Å²) >= 11 is 0. The van der Waals surface area contributed by atoms with Crippen LogP contribution in [0.4, 0.5) is 0 Å². The van der Waals surface area contributed by atoms with Gasteiger partial charge < -0.3 is 9.88 Å². The quantitative estimate of drug-likeness (QED) is 0.239. The minimum Gasteiger partial charge on any atom is -0.343 e. The number of hydrogen-bond acceptors (Lipinski definition) is 4. The molecule has 41 heavy (non-hydrogen) atoms. The van der Waals surface area contributed by atoms with E-state index in [1.165, 1.54) is 27.8 Å². The van der Waals surface area contributed by atoms with Crippen LogP contribution in [0, 0.1) is 6.92 Å². The minimum absolute atomic E-state index is 0.0306. The molecule has 206 valence electrons. The van der Waals surface area contributed by atoms with Crippen LogP contribution in [0.2, 0.25) is 0 Å². The molecule has 0 spiro atoms. The van der Waals surface area contributed by atoms with Crippen LogP contribution in [-0.4, -0.2) is 21.6 Å². The normalized spacial score (nSPS) is 13.3. The number of hydrogen-bond donors (Lipinski definition) is 1. The van der Waals surface area contributed by atoms with E-state index in [2.05, 4.69) is 96.5 Å². The first-order chi connectivity index (χ1) is 19.8. The summed E-state index contributed by atoms with van der Waals surface area (Å²) in [6.45, 7) is 7.14. The fraction of sp³-hybridized carbons (Fsp3) is 0.229. The predicted octanol–water partition coefficient (Wildman–Crippen LogP) is 7.02. The number of carbonyl (C=O) groups is 1. The predicted molar refractivity (Wildman–Crippen MR) is 159 cm³/mol. The summed E-state index contributed by atoms with van der Waals surface area (Å²) in [5.41, 5.74) is 8.43. The molecule has 1 aliphatic rings. The lowest BCUT2D eigenvalue weighted by Crippen LogP contribution is -2.34. The van der Waals surface area contributed by atoms with E-state index in [0.29, 0.717) is 18.0 Å². The average Bonchev–Trinajstić information content (AvgIpc) is 3.71. The molecule has 1 aromatic heterocycles. The second kappa shape index (κ2) is 11.7. The van der Waals surface area contributed by atoms with Gasteiger partial charge in [0, 0.05) is 12.1 Å². The molecule has 6 heteroatoms. The van der Waals surface area contributed by atoms with Crippen molar-refractivity contribution in [1.29, 1.82) is 0 Å². The van der Waals surface area contributed by atoms with Crippen molar-refractivity contribution in [2.24, 2.45) is 0 Å². The molecular formula is C35H33N3O3. The maximum atomic E-state index is 13.4. The Morgan fingerprint density at radius 3 is 2.24 bits per heavy atom. The van der Waals surface area contributed by atoms with Crippen molar-refractivity contribution in [3.8, 4) is 11.1 Å². The van der Waals surface area contributed by atoms with E-state index in [0.717, 1.165) is 29.7 Å². The van der Waals surface area contributed by atoms with Gasteiger partial charge in [0.1, 0.15) is 5.82 Å². The number of imidazole rings is 1. The van der Waals surface area contributed by atoms with Crippen LogP contribution in [0.15, 0.2) is 97.1 Å². The summed E-state index contributed by atoms with van der Waals surface area (Å²) < 4.78 is 2.20. The van der Waals surface area contributed by atoms with Crippen LogP contribution in [0.25, 0.3) is 22.2 Å². The molecule has 1 N–H and O–H groups in total. The lowest BCUT2D eigenvalue weighted by molar-refractivity contribution is -0.191. The molecule has 1 saturated carbocycles. The number of nitrogens with zero attached hydrogens (tertiary/aromatic N) is 2. The SMILES string of the molecule is Cc1nc2ccc(C(=O)NC3(c4cccc(C(C)C)c4)CC3)cc2n1Cc1ccc(-c2ccccc2)cc1.O=C=O. The van der Waals surface area contributed by atoms with E-state index < -0.39 is 0 Å². The summed E-state index contributed by atoms with van der Waals surface area (Å²) in [5.74, 6) is 1.37. The molecule has 1 amide bonds.